The van der Waals surface area contributed by atoms with Crippen LogP contribution in [-0.2, 0) is 0 Å². The number of carbonyl (C=O) groups is 1. The molecule has 2 aromatic carbocycles. The van der Waals surface area contributed by atoms with Crippen molar-refractivity contribution in [2.24, 2.45) is 0 Å². The van der Waals surface area contributed by atoms with Crippen molar-refractivity contribution in [3.63, 3.8) is 0 Å². The number of aromatic carboxylic acids is 1. The zero-order valence-electron chi connectivity index (χ0n) is 10.8. The third-order valence-electron chi connectivity index (χ3n) is 3.01. The fourth-order valence-electron chi connectivity index (χ4n) is 1.98. The third kappa shape index (κ3) is 2.68. The fourth-order valence-corrected chi connectivity index (χ4v) is 2.83. The van der Waals surface area contributed by atoms with E-state index in [0.29, 0.717) is 21.8 Å². The second-order valence-corrected chi connectivity index (χ2v) is 5.26. The molecule has 1 N–H and O–H groups in total. The highest BCUT2D eigenvalue weighted by Gasteiger charge is 2.11. The van der Waals surface area contributed by atoms with Gasteiger partial charge in [-0.15, -0.1) is 11.3 Å². The molecule has 3 aromatic rings. The van der Waals surface area contributed by atoms with Crippen LogP contribution >= 0.6 is 11.3 Å². The van der Waals surface area contributed by atoms with Crippen molar-refractivity contribution in [3.8, 4) is 21.8 Å². The third-order valence-corrected chi connectivity index (χ3v) is 3.89. The maximum absolute atomic E-state index is 13.7. The first-order chi connectivity index (χ1) is 10.1. The predicted molar refractivity (Wildman–Crippen MR) is 79.9 cm³/mol. The highest BCUT2D eigenvalue weighted by Crippen LogP contribution is 2.30. The minimum atomic E-state index is -0.985. The van der Waals surface area contributed by atoms with Gasteiger partial charge in [0.25, 0.3) is 0 Å². The summed E-state index contributed by atoms with van der Waals surface area (Å²) in [6, 6.07) is 13.0. The molecule has 0 atom stereocenters. The summed E-state index contributed by atoms with van der Waals surface area (Å²) in [4.78, 5) is 15.4. The van der Waals surface area contributed by atoms with E-state index in [-0.39, 0.29) is 11.4 Å². The van der Waals surface area contributed by atoms with Gasteiger partial charge in [-0.1, -0.05) is 24.3 Å². The normalized spacial score (nSPS) is 10.5. The Morgan fingerprint density at radius 3 is 2.71 bits per heavy atom. The second-order valence-electron chi connectivity index (χ2n) is 4.40. The van der Waals surface area contributed by atoms with Gasteiger partial charge in [0, 0.05) is 16.5 Å². The Kier molecular flexibility index (Phi) is 3.50. The number of rotatable bonds is 3. The van der Waals surface area contributed by atoms with E-state index in [1.165, 1.54) is 23.5 Å². The van der Waals surface area contributed by atoms with Crippen molar-refractivity contribution in [1.29, 1.82) is 0 Å². The molecule has 0 unspecified atom stereocenters. The van der Waals surface area contributed by atoms with E-state index >= 15 is 0 Å². The zero-order chi connectivity index (χ0) is 14.8. The van der Waals surface area contributed by atoms with Crippen molar-refractivity contribution in [3.05, 3.63) is 65.3 Å². The number of carboxylic acids is 1. The van der Waals surface area contributed by atoms with E-state index in [4.69, 9.17) is 5.11 Å². The number of nitrogens with zero attached hydrogens (tertiary/aromatic N) is 1. The molecule has 0 spiro atoms. The van der Waals surface area contributed by atoms with Gasteiger partial charge in [0.2, 0.25) is 0 Å². The molecule has 0 aliphatic carbocycles. The Hall–Kier alpha value is -2.53. The topological polar surface area (TPSA) is 50.2 Å². The number of thiazole rings is 1. The molecule has 0 fully saturated rings. The monoisotopic (exact) mass is 299 g/mol. The lowest BCUT2D eigenvalue weighted by Crippen LogP contribution is -1.95. The Morgan fingerprint density at radius 1 is 1.14 bits per heavy atom. The average molecular weight is 299 g/mol. The minimum absolute atomic E-state index is 0.202. The van der Waals surface area contributed by atoms with Gasteiger partial charge in [-0.2, -0.15) is 0 Å². The number of halogens is 1. The molecule has 1 heterocycles. The molecule has 3 rings (SSSR count). The van der Waals surface area contributed by atoms with Crippen molar-refractivity contribution in [2.75, 3.05) is 0 Å². The summed E-state index contributed by atoms with van der Waals surface area (Å²) >= 11 is 1.33. The summed E-state index contributed by atoms with van der Waals surface area (Å²) in [5, 5.41) is 11.4. The van der Waals surface area contributed by atoms with Crippen LogP contribution < -0.4 is 0 Å². The molecule has 104 valence electrons. The van der Waals surface area contributed by atoms with Gasteiger partial charge >= 0.3 is 5.97 Å². The van der Waals surface area contributed by atoms with Crippen LogP contribution in [0.1, 0.15) is 10.4 Å². The molecule has 0 radical (unpaired) electrons. The van der Waals surface area contributed by atoms with Crippen LogP contribution in [0.2, 0.25) is 0 Å². The molecule has 21 heavy (non-hydrogen) atoms. The van der Waals surface area contributed by atoms with Crippen molar-refractivity contribution in [1.82, 2.24) is 4.98 Å². The van der Waals surface area contributed by atoms with Gasteiger partial charge in [0.15, 0.2) is 0 Å². The summed E-state index contributed by atoms with van der Waals surface area (Å²) in [6.07, 6.45) is 0. The molecule has 0 saturated carbocycles. The fraction of sp³-hybridized carbons (Fsp3) is 0. The molecule has 0 aliphatic rings. The lowest BCUT2D eigenvalue weighted by molar-refractivity contribution is 0.0697. The van der Waals surface area contributed by atoms with E-state index in [2.05, 4.69) is 4.98 Å². The molecule has 3 nitrogen and oxygen atoms in total. The van der Waals surface area contributed by atoms with Crippen LogP contribution in [0.15, 0.2) is 53.9 Å². The highest BCUT2D eigenvalue weighted by atomic mass is 32.1. The number of benzene rings is 2. The van der Waals surface area contributed by atoms with Crippen LogP contribution in [0.25, 0.3) is 21.8 Å². The van der Waals surface area contributed by atoms with E-state index in [0.717, 1.165) is 0 Å². The Labute approximate surface area is 124 Å². The quantitative estimate of drug-likeness (QED) is 0.783. The second kappa shape index (κ2) is 5.46. The van der Waals surface area contributed by atoms with Crippen LogP contribution in [-0.4, -0.2) is 16.1 Å². The zero-order valence-corrected chi connectivity index (χ0v) is 11.6. The molecule has 0 amide bonds. The first-order valence-electron chi connectivity index (χ1n) is 6.19. The average Bonchev–Trinajstić information content (AvgIpc) is 2.97. The first-order valence-corrected chi connectivity index (χ1v) is 7.07. The van der Waals surface area contributed by atoms with E-state index in [9.17, 15) is 9.18 Å². The Bertz CT molecular complexity index is 813. The van der Waals surface area contributed by atoms with Crippen LogP contribution in [0.5, 0.6) is 0 Å². The van der Waals surface area contributed by atoms with Crippen molar-refractivity contribution >= 4 is 17.3 Å². The number of carboxylic acid groups (broad SMARTS) is 1. The van der Waals surface area contributed by atoms with Gasteiger partial charge in [-0.25, -0.2) is 14.2 Å². The Morgan fingerprint density at radius 2 is 1.95 bits per heavy atom. The lowest BCUT2D eigenvalue weighted by atomic mass is 10.1. The molecule has 0 bridgehead atoms. The van der Waals surface area contributed by atoms with E-state index < -0.39 is 5.97 Å². The molecular formula is C16H10FNO2S. The summed E-state index contributed by atoms with van der Waals surface area (Å²) < 4.78 is 13.7. The predicted octanol–water partition coefficient (Wildman–Crippen LogP) is 4.31. The van der Waals surface area contributed by atoms with Gasteiger partial charge in [0.05, 0.1) is 11.3 Å². The van der Waals surface area contributed by atoms with Crippen LogP contribution in [0, 0.1) is 5.82 Å². The van der Waals surface area contributed by atoms with Gasteiger partial charge < -0.3 is 5.11 Å². The molecule has 1 aromatic heterocycles. The SMILES string of the molecule is O=C(O)c1cccc(-c2csc(-c3ccccc3F)n2)c1. The molecular weight excluding hydrogens is 289 g/mol. The molecule has 0 aliphatic heterocycles. The van der Waals surface area contributed by atoms with Gasteiger partial charge in [0.1, 0.15) is 10.8 Å². The number of hydrogen-bond donors (Lipinski definition) is 1. The van der Waals surface area contributed by atoms with Crippen molar-refractivity contribution in [2.45, 2.75) is 0 Å². The van der Waals surface area contributed by atoms with Gasteiger partial charge in [-0.05, 0) is 24.3 Å². The summed E-state index contributed by atoms with van der Waals surface area (Å²) in [6.45, 7) is 0. The van der Waals surface area contributed by atoms with Crippen molar-refractivity contribution < 1.29 is 14.3 Å². The largest absolute Gasteiger partial charge is 0.478 e. The van der Waals surface area contributed by atoms with E-state index in [1.54, 1.807) is 41.8 Å². The smallest absolute Gasteiger partial charge is 0.335 e. The maximum atomic E-state index is 13.7. The van der Waals surface area contributed by atoms with Gasteiger partial charge in [-0.3, -0.25) is 0 Å². The molecule has 0 saturated heterocycles. The highest BCUT2D eigenvalue weighted by molar-refractivity contribution is 7.13. The lowest BCUT2D eigenvalue weighted by Gasteiger charge is -2.00. The summed E-state index contributed by atoms with van der Waals surface area (Å²) in [7, 11) is 0. The van der Waals surface area contributed by atoms with Crippen LogP contribution in [0.3, 0.4) is 0 Å². The van der Waals surface area contributed by atoms with E-state index in [1.807, 2.05) is 0 Å². The maximum Gasteiger partial charge on any atom is 0.335 e. The van der Waals surface area contributed by atoms with Crippen LogP contribution in [0.4, 0.5) is 4.39 Å². The number of aromatic nitrogens is 1. The standard InChI is InChI=1S/C16H10FNO2S/c17-13-7-2-1-6-12(13)15-18-14(9-21-15)10-4-3-5-11(8-10)16(19)20/h1-9H,(H,19,20). The summed E-state index contributed by atoms with van der Waals surface area (Å²) in [5.74, 6) is -1.31. The first kappa shape index (κ1) is 13.5. The minimum Gasteiger partial charge on any atom is -0.478 e. The summed E-state index contributed by atoms with van der Waals surface area (Å²) in [5.41, 5.74) is 1.99. The molecule has 5 heteroatoms. The Balaban J connectivity index is 2.01. The number of hydrogen-bond acceptors (Lipinski definition) is 3.